The second-order valence-corrected chi connectivity index (χ2v) is 3.38. The average molecular weight is 266 g/mol. The van der Waals surface area contributed by atoms with Gasteiger partial charge in [-0.15, -0.1) is 0 Å². The van der Waals surface area contributed by atoms with E-state index in [1.54, 1.807) is 0 Å². The SMILES string of the molecule is CCCC(O)C(=O)OC.COC(=O)C(O)CCO. The molecule has 0 rings (SSSR count). The van der Waals surface area contributed by atoms with Crippen LogP contribution in [0.5, 0.6) is 0 Å². The molecule has 7 heteroatoms. The Morgan fingerprint density at radius 1 is 1.00 bits per heavy atom. The van der Waals surface area contributed by atoms with Crippen molar-refractivity contribution in [2.75, 3.05) is 20.8 Å². The third-order valence-electron chi connectivity index (χ3n) is 1.91. The molecule has 0 saturated carbocycles. The summed E-state index contributed by atoms with van der Waals surface area (Å²) in [5.41, 5.74) is 0. The van der Waals surface area contributed by atoms with Gasteiger partial charge in [0.25, 0.3) is 0 Å². The van der Waals surface area contributed by atoms with Crippen molar-refractivity contribution in [3.05, 3.63) is 0 Å². The first-order valence-electron chi connectivity index (χ1n) is 5.57. The Hall–Kier alpha value is -1.18. The zero-order valence-corrected chi connectivity index (χ0v) is 11.0. The minimum absolute atomic E-state index is 0.0344. The minimum Gasteiger partial charge on any atom is -0.467 e. The predicted octanol–water partition coefficient (Wildman–Crippen LogP) is -0.777. The highest BCUT2D eigenvalue weighted by atomic mass is 16.5. The van der Waals surface area contributed by atoms with Crippen LogP contribution in [-0.4, -0.2) is 60.3 Å². The standard InChI is InChI=1S/C6H12O3.C5H10O4/c1-3-4-5(7)6(8)9-2;1-9-5(8)4(7)2-3-6/h5,7H,3-4H2,1-2H3;4,6-7H,2-3H2,1H3. The summed E-state index contributed by atoms with van der Waals surface area (Å²) in [6.45, 7) is 1.68. The number of rotatable bonds is 6. The Kier molecular flexibility index (Phi) is 13.1. The van der Waals surface area contributed by atoms with Gasteiger partial charge in [0, 0.05) is 13.0 Å². The van der Waals surface area contributed by atoms with Gasteiger partial charge < -0.3 is 24.8 Å². The average Bonchev–Trinajstić information content (AvgIpc) is 2.38. The number of hydrogen-bond acceptors (Lipinski definition) is 7. The molecule has 0 amide bonds. The molecule has 3 N–H and O–H groups in total. The Bertz CT molecular complexity index is 205. The van der Waals surface area contributed by atoms with Crippen LogP contribution in [0.1, 0.15) is 26.2 Å². The van der Waals surface area contributed by atoms with Gasteiger partial charge in [-0.25, -0.2) is 9.59 Å². The maximum atomic E-state index is 10.4. The minimum atomic E-state index is -1.18. The van der Waals surface area contributed by atoms with Crippen LogP contribution in [-0.2, 0) is 19.1 Å². The van der Waals surface area contributed by atoms with Crippen molar-refractivity contribution in [3.63, 3.8) is 0 Å². The lowest BCUT2D eigenvalue weighted by atomic mass is 10.2. The van der Waals surface area contributed by atoms with E-state index in [2.05, 4.69) is 9.47 Å². The van der Waals surface area contributed by atoms with E-state index in [9.17, 15) is 9.59 Å². The van der Waals surface area contributed by atoms with Gasteiger partial charge in [-0.2, -0.15) is 0 Å². The van der Waals surface area contributed by atoms with Crippen molar-refractivity contribution in [1.29, 1.82) is 0 Å². The number of carbonyl (C=O) groups is 2. The number of aliphatic hydroxyl groups excluding tert-OH is 3. The van der Waals surface area contributed by atoms with E-state index in [4.69, 9.17) is 15.3 Å². The monoisotopic (exact) mass is 266 g/mol. The van der Waals surface area contributed by atoms with Crippen molar-refractivity contribution in [2.45, 2.75) is 38.4 Å². The normalized spacial score (nSPS) is 12.8. The van der Waals surface area contributed by atoms with Crippen LogP contribution < -0.4 is 0 Å². The van der Waals surface area contributed by atoms with E-state index < -0.39 is 24.1 Å². The van der Waals surface area contributed by atoms with Crippen molar-refractivity contribution < 1.29 is 34.4 Å². The highest BCUT2D eigenvalue weighted by Gasteiger charge is 2.13. The predicted molar refractivity (Wildman–Crippen MR) is 62.7 cm³/mol. The van der Waals surface area contributed by atoms with Crippen LogP contribution in [0.15, 0.2) is 0 Å². The van der Waals surface area contributed by atoms with E-state index >= 15 is 0 Å². The number of aliphatic hydroxyl groups is 3. The lowest BCUT2D eigenvalue weighted by molar-refractivity contribution is -0.151. The number of esters is 2. The van der Waals surface area contributed by atoms with Gasteiger partial charge in [0.2, 0.25) is 0 Å². The summed E-state index contributed by atoms with van der Waals surface area (Å²) in [5, 5.41) is 25.7. The second-order valence-electron chi connectivity index (χ2n) is 3.38. The fraction of sp³-hybridized carbons (Fsp3) is 0.818. The maximum Gasteiger partial charge on any atom is 0.334 e. The topological polar surface area (TPSA) is 113 Å². The maximum absolute atomic E-state index is 10.4. The van der Waals surface area contributed by atoms with Crippen molar-refractivity contribution in [2.24, 2.45) is 0 Å². The first-order chi connectivity index (χ1) is 8.44. The summed E-state index contributed by atoms with van der Waals surface area (Å²) in [7, 11) is 2.45. The molecule has 2 unspecified atom stereocenters. The number of carbonyl (C=O) groups excluding carboxylic acids is 2. The number of hydrogen-bond donors (Lipinski definition) is 3. The van der Waals surface area contributed by atoms with Gasteiger partial charge >= 0.3 is 11.9 Å². The molecule has 0 aliphatic heterocycles. The van der Waals surface area contributed by atoms with Crippen molar-refractivity contribution in [3.8, 4) is 0 Å². The number of ether oxygens (including phenoxy) is 2. The summed E-state index contributed by atoms with van der Waals surface area (Å²) >= 11 is 0. The lowest BCUT2D eigenvalue weighted by Gasteiger charge is -2.04. The van der Waals surface area contributed by atoms with E-state index in [1.165, 1.54) is 14.2 Å². The van der Waals surface area contributed by atoms with Gasteiger partial charge in [-0.3, -0.25) is 0 Å². The molecule has 0 aromatic heterocycles. The molecular formula is C11H22O7. The lowest BCUT2D eigenvalue weighted by Crippen LogP contribution is -2.22. The summed E-state index contributed by atoms with van der Waals surface area (Å²) in [6, 6.07) is 0. The van der Waals surface area contributed by atoms with Crippen molar-refractivity contribution in [1.82, 2.24) is 0 Å². The molecule has 108 valence electrons. The van der Waals surface area contributed by atoms with E-state index in [0.717, 1.165) is 6.42 Å². The molecular weight excluding hydrogens is 244 g/mol. The third kappa shape index (κ3) is 10.0. The van der Waals surface area contributed by atoms with E-state index in [1.807, 2.05) is 6.92 Å². The van der Waals surface area contributed by atoms with Gasteiger partial charge in [0.1, 0.15) is 0 Å². The smallest absolute Gasteiger partial charge is 0.334 e. The Morgan fingerprint density at radius 3 is 1.67 bits per heavy atom. The van der Waals surface area contributed by atoms with Crippen LogP contribution in [0.3, 0.4) is 0 Å². The molecule has 0 aliphatic carbocycles. The van der Waals surface area contributed by atoms with Crippen LogP contribution in [0.4, 0.5) is 0 Å². The Labute approximate surface area is 106 Å². The van der Waals surface area contributed by atoms with Crippen LogP contribution >= 0.6 is 0 Å². The number of methoxy groups -OCH3 is 2. The van der Waals surface area contributed by atoms with Crippen LogP contribution in [0.2, 0.25) is 0 Å². The molecule has 0 spiro atoms. The highest BCUT2D eigenvalue weighted by Crippen LogP contribution is 1.96. The molecule has 7 nitrogen and oxygen atoms in total. The highest BCUT2D eigenvalue weighted by molar-refractivity contribution is 5.74. The molecule has 0 aromatic carbocycles. The third-order valence-corrected chi connectivity index (χ3v) is 1.91. The first kappa shape index (κ1) is 19.2. The molecule has 0 fully saturated rings. The molecule has 0 aromatic rings. The molecule has 0 aliphatic rings. The van der Waals surface area contributed by atoms with Gasteiger partial charge in [-0.1, -0.05) is 13.3 Å². The second kappa shape index (κ2) is 12.3. The first-order valence-corrected chi connectivity index (χ1v) is 5.57. The summed E-state index contributed by atoms with van der Waals surface area (Å²) in [4.78, 5) is 20.7. The molecule has 18 heavy (non-hydrogen) atoms. The van der Waals surface area contributed by atoms with Gasteiger partial charge in [0.05, 0.1) is 14.2 Å². The van der Waals surface area contributed by atoms with Crippen LogP contribution in [0.25, 0.3) is 0 Å². The fourth-order valence-corrected chi connectivity index (χ4v) is 0.903. The molecule has 0 bridgehead atoms. The molecule has 2 atom stereocenters. The van der Waals surface area contributed by atoms with Crippen molar-refractivity contribution >= 4 is 11.9 Å². The summed E-state index contributed by atoms with van der Waals surface area (Å²) in [6.07, 6.45) is -0.810. The largest absolute Gasteiger partial charge is 0.467 e. The molecule has 0 saturated heterocycles. The van der Waals surface area contributed by atoms with Gasteiger partial charge in [0.15, 0.2) is 12.2 Å². The molecule has 0 heterocycles. The summed E-state index contributed by atoms with van der Waals surface area (Å²) in [5.74, 6) is -1.25. The fourth-order valence-electron chi connectivity index (χ4n) is 0.903. The summed E-state index contributed by atoms with van der Waals surface area (Å²) < 4.78 is 8.44. The zero-order valence-electron chi connectivity index (χ0n) is 11.0. The van der Waals surface area contributed by atoms with Crippen LogP contribution in [0, 0.1) is 0 Å². The van der Waals surface area contributed by atoms with E-state index in [0.29, 0.717) is 6.42 Å². The molecule has 0 radical (unpaired) electrons. The zero-order chi connectivity index (χ0) is 14.6. The van der Waals surface area contributed by atoms with E-state index in [-0.39, 0.29) is 13.0 Å². The Morgan fingerprint density at radius 2 is 1.39 bits per heavy atom. The quantitative estimate of drug-likeness (QED) is 0.540. The Balaban J connectivity index is 0. The van der Waals surface area contributed by atoms with Gasteiger partial charge in [-0.05, 0) is 6.42 Å².